The van der Waals surface area contributed by atoms with Crippen molar-refractivity contribution in [1.82, 2.24) is 19.1 Å². The third-order valence-corrected chi connectivity index (χ3v) is 5.82. The number of fused-ring (bicyclic) bond motifs is 1. The molecule has 0 spiro atoms. The fourth-order valence-corrected chi connectivity index (χ4v) is 4.23. The van der Waals surface area contributed by atoms with E-state index in [0.29, 0.717) is 23.1 Å². The molecular formula is C23H27N5O5S. The average molecular weight is 486 g/mol. The maximum Gasteiger partial charge on any atom is 0.340 e. The number of carbonyl (C=O) groups excluding carboxylic acids is 2. The highest BCUT2D eigenvalue weighted by Gasteiger charge is 2.20. The molecule has 1 N–H and O–H groups in total. The zero-order valence-electron chi connectivity index (χ0n) is 19.7. The summed E-state index contributed by atoms with van der Waals surface area (Å²) in [5, 5.41) is 3.22. The molecule has 180 valence electrons. The number of ether oxygens (including phenoxy) is 1. The molecule has 34 heavy (non-hydrogen) atoms. The number of hydrogen-bond donors (Lipinski definition) is 1. The molecule has 0 radical (unpaired) electrons. The van der Waals surface area contributed by atoms with Gasteiger partial charge in [-0.3, -0.25) is 18.7 Å². The second kappa shape index (κ2) is 10.6. The van der Waals surface area contributed by atoms with Gasteiger partial charge in [-0.2, -0.15) is 0 Å². The molecule has 0 saturated heterocycles. The van der Waals surface area contributed by atoms with Gasteiger partial charge in [0, 0.05) is 13.6 Å². The first-order valence-electron chi connectivity index (χ1n) is 10.8. The van der Waals surface area contributed by atoms with Crippen molar-refractivity contribution < 1.29 is 14.3 Å². The molecule has 0 aliphatic heterocycles. The highest BCUT2D eigenvalue weighted by Crippen LogP contribution is 2.24. The predicted octanol–water partition coefficient (Wildman–Crippen LogP) is 2.36. The lowest BCUT2D eigenvalue weighted by Gasteiger charge is -2.15. The number of aromatic nitrogens is 4. The number of nitrogens with one attached hydrogen (secondary N) is 1. The van der Waals surface area contributed by atoms with Gasteiger partial charge in [0.25, 0.3) is 5.56 Å². The van der Waals surface area contributed by atoms with Crippen molar-refractivity contribution in [3.05, 3.63) is 56.5 Å². The number of carbonyl (C=O) groups is 2. The first kappa shape index (κ1) is 25.2. The van der Waals surface area contributed by atoms with Gasteiger partial charge in [0.05, 0.1) is 23.6 Å². The van der Waals surface area contributed by atoms with Crippen molar-refractivity contribution in [2.24, 2.45) is 13.0 Å². The molecule has 2 heterocycles. The molecule has 0 aliphatic rings. The van der Waals surface area contributed by atoms with E-state index in [0.717, 1.165) is 16.3 Å². The molecule has 2 aromatic heterocycles. The predicted molar refractivity (Wildman–Crippen MR) is 130 cm³/mol. The second-order valence-electron chi connectivity index (χ2n) is 8.03. The minimum Gasteiger partial charge on any atom is -0.462 e. The Kier molecular flexibility index (Phi) is 7.87. The third-order valence-electron chi connectivity index (χ3n) is 4.84. The Bertz CT molecular complexity index is 1360. The SMILES string of the molecule is CCOC(=O)c1ccccc1NC(=O)CSc1nc(C)nc2c1c(=O)n(C)c(=O)n2CC(C)C. The third kappa shape index (κ3) is 5.36. The molecule has 0 fully saturated rings. The molecule has 1 amide bonds. The average Bonchev–Trinajstić information content (AvgIpc) is 2.79. The van der Waals surface area contributed by atoms with E-state index in [9.17, 15) is 19.2 Å². The number of esters is 1. The monoisotopic (exact) mass is 485 g/mol. The smallest absolute Gasteiger partial charge is 0.340 e. The first-order chi connectivity index (χ1) is 16.1. The summed E-state index contributed by atoms with van der Waals surface area (Å²) < 4.78 is 7.54. The Morgan fingerprint density at radius 3 is 2.56 bits per heavy atom. The normalized spacial score (nSPS) is 11.1. The first-order valence-corrected chi connectivity index (χ1v) is 11.8. The molecule has 0 saturated carbocycles. The highest BCUT2D eigenvalue weighted by atomic mass is 32.2. The molecule has 1 aromatic carbocycles. The van der Waals surface area contributed by atoms with Crippen LogP contribution in [0.3, 0.4) is 0 Å². The summed E-state index contributed by atoms with van der Waals surface area (Å²) in [6, 6.07) is 6.56. The van der Waals surface area contributed by atoms with Crippen molar-refractivity contribution in [3.63, 3.8) is 0 Å². The van der Waals surface area contributed by atoms with E-state index in [1.807, 2.05) is 13.8 Å². The van der Waals surface area contributed by atoms with E-state index in [1.54, 1.807) is 38.1 Å². The second-order valence-corrected chi connectivity index (χ2v) is 8.99. The lowest BCUT2D eigenvalue weighted by molar-refractivity contribution is -0.113. The number of aryl methyl sites for hydroxylation is 1. The topological polar surface area (TPSA) is 125 Å². The summed E-state index contributed by atoms with van der Waals surface area (Å²) in [6.07, 6.45) is 0. The maximum atomic E-state index is 12.9. The van der Waals surface area contributed by atoms with Gasteiger partial charge < -0.3 is 10.1 Å². The number of nitrogens with zero attached hydrogens (tertiary/aromatic N) is 4. The van der Waals surface area contributed by atoms with Gasteiger partial charge >= 0.3 is 11.7 Å². The lowest BCUT2D eigenvalue weighted by Crippen LogP contribution is -2.39. The standard InChI is InChI=1S/C23H27N5O5S/c1-6-33-22(31)15-9-7-8-10-16(15)26-17(29)12-34-20-18-19(24-14(4)25-20)28(11-13(2)3)23(32)27(5)21(18)30/h7-10,13H,6,11-12H2,1-5H3,(H,26,29). The summed E-state index contributed by atoms with van der Waals surface area (Å²) in [7, 11) is 1.41. The Hall–Kier alpha value is -3.47. The van der Waals surface area contributed by atoms with Crippen LogP contribution >= 0.6 is 11.8 Å². The Labute approximate surface area is 200 Å². The number of hydrogen-bond acceptors (Lipinski definition) is 8. The molecule has 0 aliphatic carbocycles. The molecule has 0 unspecified atom stereocenters. The lowest BCUT2D eigenvalue weighted by atomic mass is 10.2. The number of para-hydroxylation sites is 1. The minimum atomic E-state index is -0.532. The van der Waals surface area contributed by atoms with E-state index >= 15 is 0 Å². The fourth-order valence-electron chi connectivity index (χ4n) is 3.37. The van der Waals surface area contributed by atoms with Crippen LogP contribution in [0.5, 0.6) is 0 Å². The molecule has 0 bridgehead atoms. The van der Waals surface area contributed by atoms with Crippen molar-refractivity contribution in [3.8, 4) is 0 Å². The maximum absolute atomic E-state index is 12.9. The summed E-state index contributed by atoms with van der Waals surface area (Å²) in [4.78, 5) is 59.2. The van der Waals surface area contributed by atoms with Crippen molar-refractivity contribution in [2.45, 2.75) is 39.3 Å². The van der Waals surface area contributed by atoms with Gasteiger partial charge in [-0.1, -0.05) is 37.7 Å². The largest absolute Gasteiger partial charge is 0.462 e. The highest BCUT2D eigenvalue weighted by molar-refractivity contribution is 8.00. The van der Waals surface area contributed by atoms with E-state index in [4.69, 9.17) is 4.74 Å². The van der Waals surface area contributed by atoms with Gasteiger partial charge in [-0.25, -0.2) is 19.6 Å². The summed E-state index contributed by atoms with van der Waals surface area (Å²) in [5.41, 5.74) is -0.136. The van der Waals surface area contributed by atoms with E-state index < -0.39 is 23.1 Å². The summed E-state index contributed by atoms with van der Waals surface area (Å²) in [5.74, 6) is -0.466. The van der Waals surface area contributed by atoms with E-state index in [-0.39, 0.29) is 34.9 Å². The van der Waals surface area contributed by atoms with Crippen LogP contribution in [0.1, 0.15) is 37.0 Å². The quantitative estimate of drug-likeness (QED) is 0.293. The van der Waals surface area contributed by atoms with Crippen LogP contribution < -0.4 is 16.6 Å². The van der Waals surface area contributed by atoms with Crippen LogP contribution in [0.4, 0.5) is 5.69 Å². The molecule has 3 aromatic rings. The number of rotatable bonds is 8. The molecule has 10 nitrogen and oxygen atoms in total. The van der Waals surface area contributed by atoms with Crippen LogP contribution in [0.15, 0.2) is 38.9 Å². The molecule has 0 atom stereocenters. The summed E-state index contributed by atoms with van der Waals surface area (Å²) >= 11 is 1.06. The zero-order valence-corrected chi connectivity index (χ0v) is 20.6. The van der Waals surface area contributed by atoms with Crippen molar-refractivity contribution in [2.75, 3.05) is 17.7 Å². The van der Waals surface area contributed by atoms with E-state index in [2.05, 4.69) is 15.3 Å². The number of amides is 1. The van der Waals surface area contributed by atoms with Gasteiger partial charge in [0.2, 0.25) is 5.91 Å². The number of benzene rings is 1. The van der Waals surface area contributed by atoms with Gasteiger partial charge in [0.15, 0.2) is 5.65 Å². The van der Waals surface area contributed by atoms with Crippen LogP contribution in [0.2, 0.25) is 0 Å². The van der Waals surface area contributed by atoms with Crippen molar-refractivity contribution in [1.29, 1.82) is 0 Å². The van der Waals surface area contributed by atoms with Crippen LogP contribution in [-0.4, -0.2) is 43.3 Å². The Morgan fingerprint density at radius 1 is 1.18 bits per heavy atom. The number of thioether (sulfide) groups is 1. The molecule has 11 heteroatoms. The van der Waals surface area contributed by atoms with Gasteiger partial charge in [0.1, 0.15) is 16.2 Å². The molecular weight excluding hydrogens is 458 g/mol. The van der Waals surface area contributed by atoms with Crippen LogP contribution in [0.25, 0.3) is 11.0 Å². The minimum absolute atomic E-state index is 0.0742. The zero-order chi connectivity index (χ0) is 25.0. The van der Waals surface area contributed by atoms with Gasteiger partial charge in [-0.05, 0) is 31.9 Å². The fraction of sp³-hybridized carbons (Fsp3) is 0.391. The number of anilines is 1. The Morgan fingerprint density at radius 2 is 1.88 bits per heavy atom. The van der Waals surface area contributed by atoms with Crippen LogP contribution in [-0.2, 0) is 23.1 Å². The Balaban J connectivity index is 1.93. The van der Waals surface area contributed by atoms with Crippen molar-refractivity contribution >= 4 is 40.4 Å². The van der Waals surface area contributed by atoms with Gasteiger partial charge in [-0.15, -0.1) is 0 Å². The summed E-state index contributed by atoms with van der Waals surface area (Å²) in [6.45, 7) is 7.90. The van der Waals surface area contributed by atoms with Crippen LogP contribution in [0, 0.1) is 12.8 Å². The molecule has 3 rings (SSSR count). The van der Waals surface area contributed by atoms with E-state index in [1.165, 1.54) is 11.6 Å².